The van der Waals surface area contributed by atoms with Gasteiger partial charge in [-0.2, -0.15) is 0 Å². The van der Waals surface area contributed by atoms with Crippen LogP contribution in [0.3, 0.4) is 0 Å². The van der Waals surface area contributed by atoms with E-state index in [-0.39, 0.29) is 23.7 Å². The number of hydrogen-bond donors (Lipinski definition) is 1. The lowest BCUT2D eigenvalue weighted by Crippen LogP contribution is -2.34. The fourth-order valence-corrected chi connectivity index (χ4v) is 2.64. The molecule has 0 bridgehead atoms. The summed E-state index contributed by atoms with van der Waals surface area (Å²) in [6, 6.07) is 0. The first-order chi connectivity index (χ1) is 8.16. The van der Waals surface area contributed by atoms with Gasteiger partial charge in [-0.25, -0.2) is 0 Å². The van der Waals surface area contributed by atoms with Crippen molar-refractivity contribution in [1.29, 1.82) is 0 Å². The molecule has 96 valence electrons. The Morgan fingerprint density at radius 3 is 2.35 bits per heavy atom. The largest absolute Gasteiger partial charge is 0.369 e. The van der Waals surface area contributed by atoms with Gasteiger partial charge in [0.05, 0.1) is 5.92 Å². The monoisotopic (exact) mass is 240 g/mol. The number of carbonyl (C=O) groups is 2. The third kappa shape index (κ3) is 3.19. The van der Waals surface area contributed by atoms with E-state index in [1.165, 1.54) is 0 Å². The molecule has 1 aliphatic carbocycles. The van der Waals surface area contributed by atoms with Crippen LogP contribution in [0, 0.1) is 11.8 Å². The van der Waals surface area contributed by atoms with Crippen LogP contribution in [0.1, 0.15) is 38.5 Å². The van der Waals surface area contributed by atoms with Crippen LogP contribution in [0.4, 0.5) is 0 Å². The Bertz CT molecular complexity index is 300. The number of rotatable bonds is 3. The van der Waals surface area contributed by atoms with Crippen molar-refractivity contribution in [2.75, 3.05) is 13.1 Å². The SMILES string of the molecule is NC(=O)C1CCCC(C(=O)ON2CCCC2)C1. The minimum Gasteiger partial charge on any atom is -0.369 e. The van der Waals surface area contributed by atoms with Gasteiger partial charge in [-0.05, 0) is 32.1 Å². The lowest BCUT2D eigenvalue weighted by Gasteiger charge is -2.27. The highest BCUT2D eigenvalue weighted by Crippen LogP contribution is 2.30. The smallest absolute Gasteiger partial charge is 0.328 e. The summed E-state index contributed by atoms with van der Waals surface area (Å²) in [6.07, 6.45) is 5.23. The maximum Gasteiger partial charge on any atom is 0.328 e. The normalized spacial score (nSPS) is 30.1. The van der Waals surface area contributed by atoms with E-state index in [0.29, 0.717) is 6.42 Å². The molecular formula is C12H20N2O3. The summed E-state index contributed by atoms with van der Waals surface area (Å²) >= 11 is 0. The van der Waals surface area contributed by atoms with Crippen LogP contribution in [-0.2, 0) is 14.4 Å². The van der Waals surface area contributed by atoms with Gasteiger partial charge in [-0.15, -0.1) is 5.06 Å². The molecule has 1 amide bonds. The molecule has 0 aromatic rings. The molecule has 2 fully saturated rings. The fraction of sp³-hybridized carbons (Fsp3) is 0.833. The molecule has 1 saturated carbocycles. The molecule has 0 spiro atoms. The summed E-state index contributed by atoms with van der Waals surface area (Å²) in [5.74, 6) is -0.775. The Hall–Kier alpha value is -1.10. The van der Waals surface area contributed by atoms with Crippen molar-refractivity contribution in [2.45, 2.75) is 38.5 Å². The van der Waals surface area contributed by atoms with Crippen LogP contribution in [-0.4, -0.2) is 30.0 Å². The third-order valence-electron chi connectivity index (χ3n) is 3.69. The topological polar surface area (TPSA) is 72.6 Å². The van der Waals surface area contributed by atoms with E-state index >= 15 is 0 Å². The number of nitrogens with zero attached hydrogens (tertiary/aromatic N) is 1. The van der Waals surface area contributed by atoms with Gasteiger partial charge in [-0.3, -0.25) is 9.59 Å². The highest BCUT2D eigenvalue weighted by atomic mass is 16.7. The lowest BCUT2D eigenvalue weighted by molar-refractivity contribution is -0.192. The molecule has 1 saturated heterocycles. The Kier molecular flexibility index (Phi) is 3.99. The number of amides is 1. The second-order valence-corrected chi connectivity index (χ2v) is 5.01. The molecule has 2 atom stereocenters. The standard InChI is InChI=1S/C12H20N2O3/c13-11(15)9-4-3-5-10(8-9)12(16)17-14-6-1-2-7-14/h9-10H,1-8H2,(H2,13,15). The summed E-state index contributed by atoms with van der Waals surface area (Å²) in [7, 11) is 0. The molecule has 2 aliphatic rings. The number of hydroxylamine groups is 2. The summed E-state index contributed by atoms with van der Waals surface area (Å²) in [4.78, 5) is 28.4. The zero-order valence-electron chi connectivity index (χ0n) is 10.1. The average molecular weight is 240 g/mol. The summed E-state index contributed by atoms with van der Waals surface area (Å²) in [6.45, 7) is 1.66. The van der Waals surface area contributed by atoms with Crippen LogP contribution < -0.4 is 5.73 Å². The van der Waals surface area contributed by atoms with Crippen LogP contribution in [0.2, 0.25) is 0 Å². The molecule has 0 aromatic heterocycles. The second-order valence-electron chi connectivity index (χ2n) is 5.01. The van der Waals surface area contributed by atoms with Crippen LogP contribution in [0.5, 0.6) is 0 Å². The summed E-state index contributed by atoms with van der Waals surface area (Å²) < 4.78 is 0. The van der Waals surface area contributed by atoms with Crippen LogP contribution in [0.15, 0.2) is 0 Å². The quantitative estimate of drug-likeness (QED) is 0.793. The molecule has 2 rings (SSSR count). The van der Waals surface area contributed by atoms with Crippen molar-refractivity contribution in [3.63, 3.8) is 0 Å². The maximum atomic E-state index is 11.9. The average Bonchev–Trinajstić information content (AvgIpc) is 2.82. The molecular weight excluding hydrogens is 220 g/mol. The predicted molar refractivity (Wildman–Crippen MR) is 61.5 cm³/mol. The zero-order valence-corrected chi connectivity index (χ0v) is 10.1. The lowest BCUT2D eigenvalue weighted by atomic mass is 9.81. The van der Waals surface area contributed by atoms with Gasteiger partial charge in [0, 0.05) is 19.0 Å². The molecule has 17 heavy (non-hydrogen) atoms. The third-order valence-corrected chi connectivity index (χ3v) is 3.69. The molecule has 5 heteroatoms. The van der Waals surface area contributed by atoms with Gasteiger partial charge in [0.25, 0.3) is 0 Å². The van der Waals surface area contributed by atoms with Crippen molar-refractivity contribution in [3.8, 4) is 0 Å². The van der Waals surface area contributed by atoms with E-state index in [1.807, 2.05) is 0 Å². The number of primary amides is 1. The Morgan fingerprint density at radius 1 is 1.06 bits per heavy atom. The minimum absolute atomic E-state index is 0.151. The van der Waals surface area contributed by atoms with E-state index in [2.05, 4.69) is 0 Å². The van der Waals surface area contributed by atoms with E-state index < -0.39 is 0 Å². The molecule has 5 nitrogen and oxygen atoms in total. The van der Waals surface area contributed by atoms with E-state index in [9.17, 15) is 9.59 Å². The number of nitrogens with two attached hydrogens (primary N) is 1. The molecule has 0 aromatic carbocycles. The van der Waals surface area contributed by atoms with Crippen molar-refractivity contribution < 1.29 is 14.4 Å². The number of carbonyl (C=O) groups excluding carboxylic acids is 2. The van der Waals surface area contributed by atoms with Crippen molar-refractivity contribution in [3.05, 3.63) is 0 Å². The molecule has 0 radical (unpaired) electrons. The highest BCUT2D eigenvalue weighted by molar-refractivity contribution is 5.79. The van der Waals surface area contributed by atoms with Gasteiger partial charge >= 0.3 is 5.97 Å². The van der Waals surface area contributed by atoms with Crippen LogP contribution >= 0.6 is 0 Å². The molecule has 2 unspecified atom stereocenters. The molecule has 1 heterocycles. The van der Waals surface area contributed by atoms with E-state index in [1.54, 1.807) is 5.06 Å². The molecule has 2 N–H and O–H groups in total. The molecule has 1 aliphatic heterocycles. The van der Waals surface area contributed by atoms with Crippen molar-refractivity contribution >= 4 is 11.9 Å². The summed E-state index contributed by atoms with van der Waals surface area (Å²) in [5, 5.41) is 1.73. The minimum atomic E-state index is -0.288. The highest BCUT2D eigenvalue weighted by Gasteiger charge is 2.32. The van der Waals surface area contributed by atoms with Crippen LogP contribution in [0.25, 0.3) is 0 Å². The first kappa shape index (κ1) is 12.4. The first-order valence-corrected chi connectivity index (χ1v) is 6.43. The van der Waals surface area contributed by atoms with Gasteiger partial charge in [0.1, 0.15) is 0 Å². The van der Waals surface area contributed by atoms with Gasteiger partial charge in [0.2, 0.25) is 5.91 Å². The van der Waals surface area contributed by atoms with Gasteiger partial charge < -0.3 is 10.6 Å². The maximum absolute atomic E-state index is 11.9. The Balaban J connectivity index is 1.83. The van der Waals surface area contributed by atoms with E-state index in [4.69, 9.17) is 10.6 Å². The first-order valence-electron chi connectivity index (χ1n) is 6.43. The predicted octanol–water partition coefficient (Wildman–Crippen LogP) is 0.832. The number of hydrogen-bond acceptors (Lipinski definition) is 4. The Morgan fingerprint density at radius 2 is 1.71 bits per heavy atom. The Labute approximate surface area is 101 Å². The van der Waals surface area contributed by atoms with E-state index in [0.717, 1.165) is 45.2 Å². The van der Waals surface area contributed by atoms with Crippen molar-refractivity contribution in [2.24, 2.45) is 17.6 Å². The van der Waals surface area contributed by atoms with Gasteiger partial charge in [-0.1, -0.05) is 6.42 Å². The second kappa shape index (κ2) is 5.49. The van der Waals surface area contributed by atoms with Gasteiger partial charge in [0.15, 0.2) is 0 Å². The fourth-order valence-electron chi connectivity index (χ4n) is 2.64. The van der Waals surface area contributed by atoms with Crippen molar-refractivity contribution in [1.82, 2.24) is 5.06 Å². The summed E-state index contributed by atoms with van der Waals surface area (Å²) in [5.41, 5.74) is 5.29. The zero-order chi connectivity index (χ0) is 12.3.